The summed E-state index contributed by atoms with van der Waals surface area (Å²) >= 11 is 0. The Morgan fingerprint density at radius 2 is 1.85 bits per heavy atom. The molecule has 0 spiro atoms. The Hall–Kier alpha value is -2.83. The molecular weight excluding hydrogens is 258 g/mol. The third kappa shape index (κ3) is 1.71. The normalized spacial score (nSPS) is 10.9. The number of fused-ring (bicyclic) bond motifs is 1. The lowest BCUT2D eigenvalue weighted by atomic mass is 10.3. The van der Waals surface area contributed by atoms with Crippen LogP contribution < -0.4 is 16.3 Å². The summed E-state index contributed by atoms with van der Waals surface area (Å²) < 4.78 is 2.68. The van der Waals surface area contributed by atoms with E-state index in [1.165, 1.54) is 11.3 Å². The molecule has 0 unspecified atom stereocenters. The average Bonchev–Trinajstić information content (AvgIpc) is 2.83. The van der Waals surface area contributed by atoms with Gasteiger partial charge in [0, 0.05) is 19.8 Å². The van der Waals surface area contributed by atoms with Crippen molar-refractivity contribution in [3.63, 3.8) is 0 Å². The zero-order valence-corrected chi connectivity index (χ0v) is 11.1. The van der Waals surface area contributed by atoms with Crippen LogP contribution in [-0.2, 0) is 0 Å². The molecule has 0 amide bonds. The third-order valence-electron chi connectivity index (χ3n) is 3.01. The monoisotopic (exact) mass is 271 g/mol. The second kappa shape index (κ2) is 4.37. The smallest absolute Gasteiger partial charge is 0.312 e. The van der Waals surface area contributed by atoms with Gasteiger partial charge in [0.1, 0.15) is 6.33 Å². The van der Waals surface area contributed by atoms with E-state index in [0.717, 1.165) is 10.4 Å². The summed E-state index contributed by atoms with van der Waals surface area (Å²) in [5, 5.41) is 1.42. The molecule has 0 aliphatic carbocycles. The van der Waals surface area contributed by atoms with Gasteiger partial charge < -0.3 is 5.01 Å². The van der Waals surface area contributed by atoms with Crippen molar-refractivity contribution in [2.45, 2.75) is 0 Å². The zero-order chi connectivity index (χ0) is 14.3. The van der Waals surface area contributed by atoms with Crippen molar-refractivity contribution in [3.8, 4) is 5.69 Å². The molecular formula is C13H13N5O2. The lowest BCUT2D eigenvalue weighted by Gasteiger charge is -2.13. The van der Waals surface area contributed by atoms with Crippen LogP contribution in [0.4, 0.5) is 0 Å². The van der Waals surface area contributed by atoms with E-state index < -0.39 is 11.2 Å². The molecule has 0 atom stereocenters. The maximum atomic E-state index is 12.3. The summed E-state index contributed by atoms with van der Waals surface area (Å²) in [4.78, 5) is 31.1. The van der Waals surface area contributed by atoms with Gasteiger partial charge in [-0.15, -0.1) is 0 Å². The maximum Gasteiger partial charge on any atom is 0.349 e. The molecule has 7 heteroatoms. The van der Waals surface area contributed by atoms with Crippen LogP contribution in [0.1, 0.15) is 0 Å². The number of hydrogen-bond donors (Lipinski definition) is 1. The number of nitrogens with zero attached hydrogens (tertiary/aromatic N) is 4. The number of aromatic amines is 1. The SMILES string of the molecule is CN(C)n1c(=O)[nH]c2c(ncn2-c2ccccc2)c1=O. The minimum atomic E-state index is -0.495. The second-order valence-electron chi connectivity index (χ2n) is 4.54. The van der Waals surface area contributed by atoms with Crippen LogP contribution in [0.5, 0.6) is 0 Å². The number of imidazole rings is 1. The molecule has 0 aliphatic heterocycles. The van der Waals surface area contributed by atoms with E-state index in [2.05, 4.69) is 9.97 Å². The third-order valence-corrected chi connectivity index (χ3v) is 3.01. The van der Waals surface area contributed by atoms with E-state index in [1.54, 1.807) is 18.7 Å². The largest absolute Gasteiger partial charge is 0.349 e. The van der Waals surface area contributed by atoms with Crippen molar-refractivity contribution < 1.29 is 0 Å². The molecule has 7 nitrogen and oxygen atoms in total. The Kier molecular flexibility index (Phi) is 2.67. The van der Waals surface area contributed by atoms with Crippen molar-refractivity contribution in [2.75, 3.05) is 19.1 Å². The molecule has 20 heavy (non-hydrogen) atoms. The van der Waals surface area contributed by atoms with Gasteiger partial charge in [0.2, 0.25) is 0 Å². The summed E-state index contributed by atoms with van der Waals surface area (Å²) in [6, 6.07) is 9.39. The van der Waals surface area contributed by atoms with Crippen molar-refractivity contribution in [2.24, 2.45) is 0 Å². The highest BCUT2D eigenvalue weighted by atomic mass is 16.2. The standard InChI is InChI=1S/C13H13N5O2/c1-16(2)18-12(19)10-11(15-13(18)20)17(8-14-10)9-6-4-3-5-7-9/h3-8H,1-2H3,(H,15,20). The van der Waals surface area contributed by atoms with Crippen LogP contribution in [0.25, 0.3) is 16.9 Å². The maximum absolute atomic E-state index is 12.3. The number of hydrogen-bond acceptors (Lipinski definition) is 4. The van der Waals surface area contributed by atoms with Gasteiger partial charge in [0.15, 0.2) is 11.2 Å². The number of H-pyrrole nitrogens is 1. The number of rotatable bonds is 2. The fraction of sp³-hybridized carbons (Fsp3) is 0.154. The van der Waals surface area contributed by atoms with Gasteiger partial charge in [-0.3, -0.25) is 14.3 Å². The van der Waals surface area contributed by atoms with Gasteiger partial charge in [-0.25, -0.2) is 9.78 Å². The molecule has 0 aliphatic rings. The van der Waals surface area contributed by atoms with Gasteiger partial charge >= 0.3 is 11.2 Å². The first-order valence-corrected chi connectivity index (χ1v) is 6.05. The van der Waals surface area contributed by atoms with E-state index in [0.29, 0.717) is 5.65 Å². The van der Waals surface area contributed by atoms with Crippen LogP contribution in [0.2, 0.25) is 0 Å². The molecule has 102 valence electrons. The van der Waals surface area contributed by atoms with Crippen molar-refractivity contribution in [1.29, 1.82) is 0 Å². The first kappa shape index (κ1) is 12.2. The number of para-hydroxylation sites is 1. The van der Waals surface area contributed by atoms with Crippen molar-refractivity contribution in [1.82, 2.24) is 19.2 Å². The summed E-state index contributed by atoms with van der Waals surface area (Å²) in [5.74, 6) is 0. The van der Waals surface area contributed by atoms with Crippen LogP contribution >= 0.6 is 0 Å². The van der Waals surface area contributed by atoms with Gasteiger partial charge in [-0.2, -0.15) is 4.68 Å². The second-order valence-corrected chi connectivity index (χ2v) is 4.54. The van der Waals surface area contributed by atoms with Gasteiger partial charge in [-0.1, -0.05) is 18.2 Å². The first-order chi connectivity index (χ1) is 9.59. The molecule has 1 aromatic carbocycles. The fourth-order valence-corrected chi connectivity index (χ4v) is 2.12. The van der Waals surface area contributed by atoms with Crippen LogP contribution in [0.3, 0.4) is 0 Å². The van der Waals surface area contributed by atoms with E-state index in [9.17, 15) is 9.59 Å². The highest BCUT2D eigenvalue weighted by Crippen LogP contribution is 2.12. The van der Waals surface area contributed by atoms with E-state index in [4.69, 9.17) is 0 Å². The summed E-state index contributed by atoms with van der Waals surface area (Å²) in [5.41, 5.74) is 0.507. The lowest BCUT2D eigenvalue weighted by molar-refractivity contribution is 0.659. The minimum absolute atomic E-state index is 0.224. The average molecular weight is 271 g/mol. The topological polar surface area (TPSA) is 75.9 Å². The summed E-state index contributed by atoms with van der Waals surface area (Å²) in [7, 11) is 3.24. The molecule has 2 heterocycles. The number of benzene rings is 1. The van der Waals surface area contributed by atoms with Crippen molar-refractivity contribution in [3.05, 3.63) is 57.5 Å². The lowest BCUT2D eigenvalue weighted by Crippen LogP contribution is -2.46. The predicted octanol–water partition coefficient (Wildman–Crippen LogP) is 0.0731. The quantitative estimate of drug-likeness (QED) is 0.716. The van der Waals surface area contributed by atoms with E-state index in [-0.39, 0.29) is 5.52 Å². The highest BCUT2D eigenvalue weighted by molar-refractivity contribution is 5.71. The number of aromatic nitrogens is 4. The minimum Gasteiger partial charge on any atom is -0.312 e. The molecule has 1 N–H and O–H groups in total. The Labute approximate surface area is 113 Å². The molecule has 3 rings (SSSR count). The molecule has 0 bridgehead atoms. The molecule has 0 saturated carbocycles. The van der Waals surface area contributed by atoms with Crippen molar-refractivity contribution >= 4 is 11.2 Å². The fourth-order valence-electron chi connectivity index (χ4n) is 2.12. The summed E-state index contributed by atoms with van der Waals surface area (Å²) in [6.07, 6.45) is 1.53. The van der Waals surface area contributed by atoms with E-state index >= 15 is 0 Å². The highest BCUT2D eigenvalue weighted by Gasteiger charge is 2.14. The molecule has 0 radical (unpaired) electrons. The molecule has 2 aromatic heterocycles. The summed E-state index contributed by atoms with van der Waals surface area (Å²) in [6.45, 7) is 0. The molecule has 3 aromatic rings. The number of nitrogens with one attached hydrogen (secondary N) is 1. The van der Waals surface area contributed by atoms with Crippen LogP contribution in [0, 0.1) is 0 Å². The Bertz CT molecular complexity index is 873. The van der Waals surface area contributed by atoms with Gasteiger partial charge in [0.25, 0.3) is 0 Å². The Balaban J connectivity index is 2.36. The first-order valence-electron chi connectivity index (χ1n) is 6.05. The Morgan fingerprint density at radius 1 is 1.15 bits per heavy atom. The predicted molar refractivity (Wildman–Crippen MR) is 76.0 cm³/mol. The van der Waals surface area contributed by atoms with Gasteiger partial charge in [0.05, 0.1) is 0 Å². The van der Waals surface area contributed by atoms with Crippen LogP contribution in [-0.4, -0.2) is 33.3 Å². The van der Waals surface area contributed by atoms with Gasteiger partial charge in [-0.05, 0) is 12.1 Å². The zero-order valence-electron chi connectivity index (χ0n) is 11.1. The van der Waals surface area contributed by atoms with E-state index in [1.807, 2.05) is 30.3 Å². The van der Waals surface area contributed by atoms with Crippen LogP contribution in [0.15, 0.2) is 46.2 Å². The molecule has 0 saturated heterocycles. The molecule has 0 fully saturated rings. The Morgan fingerprint density at radius 3 is 2.50 bits per heavy atom.